The number of piperidine rings is 1. The smallest absolute Gasteiger partial charge is 0.308 e. The molecule has 4 heterocycles. The van der Waals surface area contributed by atoms with Crippen LogP contribution in [-0.2, 0) is 20.9 Å². The third kappa shape index (κ3) is 5.13. The molecular weight excluding hydrogens is 636 g/mol. The second-order valence-corrected chi connectivity index (χ2v) is 13.9. The zero-order chi connectivity index (χ0) is 29.5. The fourth-order valence-corrected chi connectivity index (χ4v) is 9.36. The molecule has 6 rings (SSSR count). The zero-order valence-electron chi connectivity index (χ0n) is 23.6. The van der Waals surface area contributed by atoms with Gasteiger partial charge in [-0.2, -0.15) is 0 Å². The van der Waals surface area contributed by atoms with Crippen LogP contribution in [0.1, 0.15) is 49.5 Å². The average Bonchev–Trinajstić information content (AvgIpc) is 3.45. The first-order valence-corrected chi connectivity index (χ1v) is 17.0. The van der Waals surface area contributed by atoms with Gasteiger partial charge in [0.2, 0.25) is 17.7 Å². The summed E-state index contributed by atoms with van der Waals surface area (Å²) in [6, 6.07) is 15.3. The van der Waals surface area contributed by atoms with Gasteiger partial charge in [-0.25, -0.2) is 4.90 Å². The highest BCUT2D eigenvalue weighted by atomic mass is 79.9. The Morgan fingerprint density at radius 2 is 1.60 bits per heavy atom. The van der Waals surface area contributed by atoms with Crippen molar-refractivity contribution in [3.05, 3.63) is 73.1 Å². The van der Waals surface area contributed by atoms with Gasteiger partial charge in [0.05, 0.1) is 16.6 Å². The Labute approximate surface area is 261 Å². The van der Waals surface area contributed by atoms with Crippen LogP contribution in [0, 0.1) is 5.92 Å². The van der Waals surface area contributed by atoms with Crippen molar-refractivity contribution in [1.82, 2.24) is 9.47 Å². The van der Waals surface area contributed by atoms with Crippen molar-refractivity contribution in [1.29, 1.82) is 0 Å². The first-order chi connectivity index (χ1) is 20.3. The Bertz CT molecular complexity index is 1560. The number of thioether (sulfide) groups is 1. The first kappa shape index (κ1) is 29.2. The van der Waals surface area contributed by atoms with Crippen LogP contribution >= 0.6 is 39.0 Å². The van der Waals surface area contributed by atoms with E-state index in [1.54, 1.807) is 12.1 Å². The minimum absolute atomic E-state index is 0.0543. The number of rotatable bonds is 7. The number of aromatic nitrogens is 1. The summed E-state index contributed by atoms with van der Waals surface area (Å²) in [5, 5.41) is -0.0697. The van der Waals surface area contributed by atoms with Crippen LogP contribution in [0.2, 0.25) is 0 Å². The summed E-state index contributed by atoms with van der Waals surface area (Å²) in [6.07, 6.45) is 3.04. The quantitative estimate of drug-likeness (QED) is 0.317. The summed E-state index contributed by atoms with van der Waals surface area (Å²) < 4.78 is 2.39. The van der Waals surface area contributed by atoms with Gasteiger partial charge in [0.1, 0.15) is 11.8 Å². The van der Waals surface area contributed by atoms with Gasteiger partial charge in [-0.1, -0.05) is 51.2 Å². The van der Waals surface area contributed by atoms with Crippen molar-refractivity contribution < 1.29 is 14.4 Å². The monoisotopic (exact) mass is 668 g/mol. The molecule has 3 atom stereocenters. The van der Waals surface area contributed by atoms with Gasteiger partial charge >= 0.3 is 4.87 Å². The molecule has 11 heteroatoms. The van der Waals surface area contributed by atoms with E-state index in [0.717, 1.165) is 64.3 Å². The highest BCUT2D eigenvalue weighted by Gasteiger charge is 2.56. The van der Waals surface area contributed by atoms with E-state index in [2.05, 4.69) is 34.7 Å². The van der Waals surface area contributed by atoms with Crippen molar-refractivity contribution >= 4 is 68.1 Å². The number of nitrogens with zero attached hydrogens (tertiary/aromatic N) is 4. The normalized spacial score (nSPS) is 21.8. The number of imide groups is 1. The number of amides is 3. The summed E-state index contributed by atoms with van der Waals surface area (Å²) in [7, 11) is 0. The third-order valence-corrected chi connectivity index (χ3v) is 11.6. The Hall–Kier alpha value is -2.89. The lowest BCUT2D eigenvalue weighted by Gasteiger charge is -2.31. The Balaban J connectivity index is 1.43. The summed E-state index contributed by atoms with van der Waals surface area (Å²) >= 11 is 5.79. The van der Waals surface area contributed by atoms with Gasteiger partial charge in [0, 0.05) is 47.1 Å². The van der Waals surface area contributed by atoms with E-state index in [0.29, 0.717) is 23.8 Å². The van der Waals surface area contributed by atoms with E-state index in [-0.39, 0.29) is 29.1 Å². The van der Waals surface area contributed by atoms with Crippen LogP contribution in [-0.4, -0.2) is 58.6 Å². The molecule has 0 saturated carbocycles. The SMILES string of the molecule is CCN(CC)c1ccc(C2c3sc(=O)n(CC(=O)N4CCCCC4)c3SC3C(=O)N(c4ccc(Br)cc4)C(=O)C32)cc1. The Kier molecular flexibility index (Phi) is 8.35. The predicted octanol–water partition coefficient (Wildman–Crippen LogP) is 5.33. The molecule has 8 nitrogen and oxygen atoms in total. The molecule has 3 aliphatic heterocycles. The van der Waals surface area contributed by atoms with Crippen LogP contribution in [0.4, 0.5) is 11.4 Å². The molecular formula is C31H33BrN4O4S2. The number of benzene rings is 2. The topological polar surface area (TPSA) is 82.9 Å². The number of halogens is 1. The molecule has 0 bridgehead atoms. The largest absolute Gasteiger partial charge is 0.372 e. The summed E-state index contributed by atoms with van der Waals surface area (Å²) in [6.45, 7) is 7.31. The van der Waals surface area contributed by atoms with Crippen molar-refractivity contribution in [2.45, 2.75) is 55.8 Å². The van der Waals surface area contributed by atoms with Crippen LogP contribution < -0.4 is 14.7 Å². The van der Waals surface area contributed by atoms with Gasteiger partial charge in [0.15, 0.2) is 0 Å². The number of fused-ring (bicyclic) bond motifs is 2. The lowest BCUT2D eigenvalue weighted by Crippen LogP contribution is -2.39. The molecule has 0 N–H and O–H groups in total. The number of hydrogen-bond acceptors (Lipinski definition) is 7. The van der Waals surface area contributed by atoms with Crippen molar-refractivity contribution in [3.63, 3.8) is 0 Å². The van der Waals surface area contributed by atoms with Crippen LogP contribution in [0.3, 0.4) is 0 Å². The van der Waals surface area contributed by atoms with E-state index in [1.807, 2.05) is 41.3 Å². The number of thiazole rings is 1. The van der Waals surface area contributed by atoms with Crippen molar-refractivity contribution in [2.75, 3.05) is 36.0 Å². The number of hydrogen-bond donors (Lipinski definition) is 0. The zero-order valence-corrected chi connectivity index (χ0v) is 26.8. The fraction of sp³-hybridized carbons (Fsp3) is 0.419. The van der Waals surface area contributed by atoms with Crippen LogP contribution in [0.15, 0.2) is 62.8 Å². The van der Waals surface area contributed by atoms with E-state index < -0.39 is 17.1 Å². The molecule has 2 aromatic carbocycles. The van der Waals surface area contributed by atoms with Crippen LogP contribution in [0.25, 0.3) is 0 Å². The minimum atomic E-state index is -0.702. The highest BCUT2D eigenvalue weighted by Crippen LogP contribution is 2.54. The Morgan fingerprint density at radius 3 is 2.24 bits per heavy atom. The molecule has 0 radical (unpaired) electrons. The predicted molar refractivity (Wildman–Crippen MR) is 171 cm³/mol. The molecule has 3 aliphatic rings. The maximum absolute atomic E-state index is 14.1. The van der Waals surface area contributed by atoms with Crippen molar-refractivity contribution in [3.8, 4) is 0 Å². The number of likely N-dealkylation sites (tertiary alicyclic amines) is 1. The second kappa shape index (κ2) is 12.0. The first-order valence-electron chi connectivity index (χ1n) is 14.5. The number of carbonyl (C=O) groups excluding carboxylic acids is 3. The molecule has 3 amide bonds. The molecule has 42 heavy (non-hydrogen) atoms. The molecule has 220 valence electrons. The third-order valence-electron chi connectivity index (χ3n) is 8.52. The highest BCUT2D eigenvalue weighted by molar-refractivity contribution is 9.10. The maximum Gasteiger partial charge on any atom is 0.308 e. The summed E-state index contributed by atoms with van der Waals surface area (Å²) in [5.41, 5.74) is 2.49. The summed E-state index contributed by atoms with van der Waals surface area (Å²) in [5.74, 6) is -1.77. The standard InChI is InChI=1S/C31H33BrN4O4S2/c1-3-33(4-2)21-12-8-19(9-13-21)24-25-26(29(39)36(28(25)38)22-14-10-20(32)11-15-22)41-30-27(24)42-31(40)35(30)18-23(37)34-16-6-5-7-17-34/h8-15,24-26H,3-7,16-18H2,1-2H3. The van der Waals surface area contributed by atoms with E-state index in [4.69, 9.17) is 0 Å². The number of carbonyl (C=O) groups is 3. The molecule has 2 saturated heterocycles. The van der Waals surface area contributed by atoms with Gasteiger partial charge in [-0.05, 0) is 75.1 Å². The van der Waals surface area contributed by atoms with Gasteiger partial charge in [-0.3, -0.25) is 23.7 Å². The molecule has 0 aliphatic carbocycles. The van der Waals surface area contributed by atoms with E-state index in [9.17, 15) is 19.2 Å². The van der Waals surface area contributed by atoms with E-state index in [1.165, 1.54) is 21.2 Å². The minimum Gasteiger partial charge on any atom is -0.372 e. The molecule has 1 aromatic heterocycles. The van der Waals surface area contributed by atoms with Crippen LogP contribution in [0.5, 0.6) is 0 Å². The molecule has 3 unspecified atom stereocenters. The second-order valence-electron chi connectivity index (χ2n) is 10.9. The van der Waals surface area contributed by atoms with Gasteiger partial charge < -0.3 is 9.80 Å². The number of anilines is 2. The lowest BCUT2D eigenvalue weighted by molar-refractivity contribution is -0.133. The van der Waals surface area contributed by atoms with Gasteiger partial charge in [0.25, 0.3) is 0 Å². The lowest BCUT2D eigenvalue weighted by atomic mass is 9.83. The van der Waals surface area contributed by atoms with E-state index >= 15 is 0 Å². The van der Waals surface area contributed by atoms with Gasteiger partial charge in [-0.15, -0.1) is 0 Å². The molecule has 2 fully saturated rings. The van der Waals surface area contributed by atoms with Crippen molar-refractivity contribution in [2.24, 2.45) is 5.92 Å². The summed E-state index contributed by atoms with van der Waals surface area (Å²) in [4.78, 5) is 60.6. The Morgan fingerprint density at radius 1 is 0.929 bits per heavy atom. The molecule has 0 spiro atoms. The average molecular weight is 670 g/mol. The maximum atomic E-state index is 14.1. The molecule has 3 aromatic rings. The fourth-order valence-electron chi connectivity index (χ4n) is 6.32.